The zero-order valence-corrected chi connectivity index (χ0v) is 19.4. The third-order valence-corrected chi connectivity index (χ3v) is 6.31. The van der Waals surface area contributed by atoms with Gasteiger partial charge in [0.2, 0.25) is 11.0 Å². The summed E-state index contributed by atoms with van der Waals surface area (Å²) in [5.41, 5.74) is 2.60. The number of likely N-dealkylation sites (tertiary alicyclic amines) is 1. The lowest BCUT2D eigenvalue weighted by Gasteiger charge is -2.24. The van der Waals surface area contributed by atoms with Crippen molar-refractivity contribution in [1.82, 2.24) is 15.1 Å². The largest absolute Gasteiger partial charge is 0.497 e. The first-order valence-corrected chi connectivity index (χ1v) is 11.3. The van der Waals surface area contributed by atoms with Gasteiger partial charge in [0.25, 0.3) is 0 Å². The predicted octanol–water partition coefficient (Wildman–Crippen LogP) is 4.17. The van der Waals surface area contributed by atoms with Crippen LogP contribution in [0.25, 0.3) is 10.6 Å². The molecule has 10 heteroatoms. The minimum absolute atomic E-state index is 0.282. The highest BCUT2D eigenvalue weighted by Gasteiger charge is 2.35. The Hall–Kier alpha value is -3.66. The Morgan fingerprint density at radius 2 is 1.85 bits per heavy atom. The van der Waals surface area contributed by atoms with E-state index in [4.69, 9.17) is 9.47 Å². The number of hydrogen-bond acceptors (Lipinski definition) is 7. The quantitative estimate of drug-likeness (QED) is 0.564. The summed E-state index contributed by atoms with van der Waals surface area (Å²) in [6.45, 7) is 2.50. The normalized spacial score (nSPS) is 15.2. The first kappa shape index (κ1) is 22.5. The molecule has 0 aliphatic carbocycles. The fourth-order valence-corrected chi connectivity index (χ4v) is 4.40. The highest BCUT2D eigenvalue weighted by Crippen LogP contribution is 2.31. The summed E-state index contributed by atoms with van der Waals surface area (Å²) in [6, 6.07) is 12.1. The maximum absolute atomic E-state index is 12.9. The number of carbonyl (C=O) groups excluding carboxylic acids is 2. The van der Waals surface area contributed by atoms with Gasteiger partial charge in [0.1, 0.15) is 22.5 Å². The molecule has 2 aromatic carbocycles. The molecule has 4 rings (SSSR count). The van der Waals surface area contributed by atoms with Gasteiger partial charge in [-0.1, -0.05) is 41.2 Å². The van der Waals surface area contributed by atoms with Gasteiger partial charge in [-0.2, -0.15) is 0 Å². The molecule has 2 N–H and O–H groups in total. The van der Waals surface area contributed by atoms with Crippen LogP contribution in [0.5, 0.6) is 11.5 Å². The van der Waals surface area contributed by atoms with Crippen molar-refractivity contribution in [3.63, 3.8) is 0 Å². The molecule has 3 amide bonds. The van der Waals surface area contributed by atoms with E-state index in [1.165, 1.54) is 23.3 Å². The topological polar surface area (TPSA) is 106 Å². The molecular formula is C23H25N5O4S. The van der Waals surface area contributed by atoms with Crippen molar-refractivity contribution in [3.8, 4) is 22.1 Å². The van der Waals surface area contributed by atoms with Crippen LogP contribution in [-0.4, -0.2) is 53.8 Å². The van der Waals surface area contributed by atoms with Crippen LogP contribution in [0.1, 0.15) is 18.4 Å². The van der Waals surface area contributed by atoms with Crippen LogP contribution in [0, 0.1) is 6.92 Å². The Morgan fingerprint density at radius 1 is 1.06 bits per heavy atom. The number of ether oxygens (including phenoxy) is 2. The molecule has 3 aromatic rings. The Kier molecular flexibility index (Phi) is 6.74. The third-order valence-electron chi connectivity index (χ3n) is 5.42. The van der Waals surface area contributed by atoms with E-state index in [2.05, 4.69) is 20.8 Å². The van der Waals surface area contributed by atoms with Gasteiger partial charge in [-0.15, -0.1) is 10.2 Å². The molecule has 0 spiro atoms. The summed E-state index contributed by atoms with van der Waals surface area (Å²) in [6.07, 6.45) is 1.30. The van der Waals surface area contributed by atoms with E-state index in [1.807, 2.05) is 31.2 Å². The van der Waals surface area contributed by atoms with Crippen molar-refractivity contribution >= 4 is 34.1 Å². The molecular weight excluding hydrogens is 442 g/mol. The zero-order valence-electron chi connectivity index (χ0n) is 18.6. The lowest BCUT2D eigenvalue weighted by atomic mass is 10.2. The van der Waals surface area contributed by atoms with Gasteiger partial charge in [0, 0.05) is 18.2 Å². The molecule has 0 bridgehead atoms. The number of urea groups is 1. The van der Waals surface area contributed by atoms with Gasteiger partial charge >= 0.3 is 6.03 Å². The maximum atomic E-state index is 12.9. The van der Waals surface area contributed by atoms with Gasteiger partial charge in [-0.05, 0) is 31.9 Å². The molecule has 1 aromatic heterocycles. The van der Waals surface area contributed by atoms with E-state index in [9.17, 15) is 9.59 Å². The van der Waals surface area contributed by atoms with Crippen molar-refractivity contribution in [1.29, 1.82) is 0 Å². The van der Waals surface area contributed by atoms with Crippen molar-refractivity contribution in [2.75, 3.05) is 31.4 Å². The van der Waals surface area contributed by atoms with Crippen LogP contribution < -0.4 is 20.1 Å². The van der Waals surface area contributed by atoms with E-state index in [0.29, 0.717) is 35.3 Å². The van der Waals surface area contributed by atoms with Crippen molar-refractivity contribution in [2.45, 2.75) is 25.8 Å². The van der Waals surface area contributed by atoms with E-state index in [0.717, 1.165) is 22.6 Å². The molecule has 2 heterocycles. The Labute approximate surface area is 195 Å². The number of rotatable bonds is 6. The van der Waals surface area contributed by atoms with Crippen LogP contribution in [0.2, 0.25) is 0 Å². The smallest absolute Gasteiger partial charge is 0.322 e. The summed E-state index contributed by atoms with van der Waals surface area (Å²) < 4.78 is 10.5. The molecule has 0 radical (unpaired) electrons. The van der Waals surface area contributed by atoms with Crippen LogP contribution in [0.3, 0.4) is 0 Å². The number of nitrogens with zero attached hydrogens (tertiary/aromatic N) is 3. The molecule has 1 aliphatic rings. The number of aromatic nitrogens is 2. The van der Waals surface area contributed by atoms with Crippen molar-refractivity contribution < 1.29 is 19.1 Å². The molecule has 1 atom stereocenters. The van der Waals surface area contributed by atoms with Gasteiger partial charge in [-0.3, -0.25) is 10.1 Å². The fraction of sp³-hybridized carbons (Fsp3) is 0.304. The van der Waals surface area contributed by atoms with E-state index in [1.54, 1.807) is 25.3 Å². The lowest BCUT2D eigenvalue weighted by Crippen LogP contribution is -2.45. The Morgan fingerprint density at radius 3 is 2.58 bits per heavy atom. The summed E-state index contributed by atoms with van der Waals surface area (Å²) >= 11 is 1.30. The molecule has 33 heavy (non-hydrogen) atoms. The molecule has 1 fully saturated rings. The predicted molar refractivity (Wildman–Crippen MR) is 127 cm³/mol. The van der Waals surface area contributed by atoms with E-state index >= 15 is 0 Å². The fourth-order valence-electron chi connectivity index (χ4n) is 3.65. The number of nitrogens with one attached hydrogen (secondary N) is 2. The summed E-state index contributed by atoms with van der Waals surface area (Å²) in [4.78, 5) is 27.4. The van der Waals surface area contributed by atoms with Gasteiger partial charge in [0.15, 0.2) is 0 Å². The third kappa shape index (κ3) is 5.06. The molecule has 0 saturated carbocycles. The van der Waals surface area contributed by atoms with Crippen LogP contribution in [0.15, 0.2) is 42.5 Å². The second-order valence-corrected chi connectivity index (χ2v) is 8.59. The number of methoxy groups -OCH3 is 2. The van der Waals surface area contributed by atoms with Crippen molar-refractivity contribution in [2.24, 2.45) is 0 Å². The number of amides is 3. The Bertz CT molecular complexity index is 1150. The number of benzene rings is 2. The minimum atomic E-state index is -0.596. The van der Waals surface area contributed by atoms with Crippen LogP contribution >= 0.6 is 11.3 Å². The monoisotopic (exact) mass is 467 g/mol. The second-order valence-electron chi connectivity index (χ2n) is 7.62. The number of hydrogen-bond donors (Lipinski definition) is 2. The first-order chi connectivity index (χ1) is 16.0. The first-order valence-electron chi connectivity index (χ1n) is 10.5. The van der Waals surface area contributed by atoms with Crippen LogP contribution in [-0.2, 0) is 4.79 Å². The van der Waals surface area contributed by atoms with Gasteiger partial charge in [0.05, 0.1) is 19.9 Å². The highest BCUT2D eigenvalue weighted by molar-refractivity contribution is 7.18. The molecule has 1 unspecified atom stereocenters. The molecule has 172 valence electrons. The van der Waals surface area contributed by atoms with Crippen LogP contribution in [0.4, 0.5) is 15.6 Å². The molecule has 1 aliphatic heterocycles. The average Bonchev–Trinajstić information content (AvgIpc) is 3.50. The summed E-state index contributed by atoms with van der Waals surface area (Å²) in [7, 11) is 3.08. The minimum Gasteiger partial charge on any atom is -0.497 e. The van der Waals surface area contributed by atoms with E-state index < -0.39 is 6.04 Å². The summed E-state index contributed by atoms with van der Waals surface area (Å²) in [5.74, 6) is 0.807. The van der Waals surface area contributed by atoms with Gasteiger partial charge in [-0.25, -0.2) is 4.79 Å². The number of anilines is 2. The molecule has 9 nitrogen and oxygen atoms in total. The second kappa shape index (κ2) is 9.86. The van der Waals surface area contributed by atoms with E-state index in [-0.39, 0.29) is 11.9 Å². The molecule has 1 saturated heterocycles. The maximum Gasteiger partial charge on any atom is 0.322 e. The average molecular weight is 468 g/mol. The standard InChI is InChI=1S/C23H25N5O4S/c1-14-6-8-15(9-7-14)21-26-27-22(33-21)25-20(29)18-5-4-12-28(18)23(30)24-17-11-10-16(31-2)13-19(17)32-3/h6-11,13,18H,4-5,12H2,1-3H3,(H,24,30)(H,25,27,29). The van der Waals surface area contributed by atoms with Crippen molar-refractivity contribution in [3.05, 3.63) is 48.0 Å². The zero-order chi connectivity index (χ0) is 23.4. The SMILES string of the molecule is COc1ccc(NC(=O)N2CCCC2C(=O)Nc2nnc(-c3ccc(C)cc3)s2)c(OC)c1. The lowest BCUT2D eigenvalue weighted by molar-refractivity contribution is -0.119. The summed E-state index contributed by atoms with van der Waals surface area (Å²) in [5, 5.41) is 15.0. The number of aryl methyl sites for hydroxylation is 1. The Balaban J connectivity index is 1.42. The number of carbonyl (C=O) groups is 2. The van der Waals surface area contributed by atoms with Gasteiger partial charge < -0.3 is 19.7 Å². The highest BCUT2D eigenvalue weighted by atomic mass is 32.1.